The van der Waals surface area contributed by atoms with Gasteiger partial charge in [0.15, 0.2) is 0 Å². The minimum atomic E-state index is -3.81. The summed E-state index contributed by atoms with van der Waals surface area (Å²) in [6.45, 7) is 3.34. The Labute approximate surface area is 153 Å². The van der Waals surface area contributed by atoms with Crippen LogP contribution in [-0.4, -0.2) is 20.4 Å². The van der Waals surface area contributed by atoms with E-state index in [1.165, 1.54) is 0 Å². The smallest absolute Gasteiger partial charge is 0.258 e. The number of halogens is 2. The van der Waals surface area contributed by atoms with Gasteiger partial charge in [-0.1, -0.05) is 0 Å². The summed E-state index contributed by atoms with van der Waals surface area (Å²) in [6.07, 6.45) is 0. The third kappa shape index (κ3) is 4.74. The van der Waals surface area contributed by atoms with Crippen molar-refractivity contribution in [3.05, 3.63) is 57.4 Å². The highest BCUT2D eigenvalue weighted by atomic mass is 127. The molecule has 0 atom stereocenters. The van der Waals surface area contributed by atoms with Crippen LogP contribution in [0.15, 0.2) is 47.4 Å². The van der Waals surface area contributed by atoms with Crippen molar-refractivity contribution in [3.8, 4) is 0 Å². The molecule has 24 heavy (non-hydrogen) atoms. The van der Waals surface area contributed by atoms with Crippen LogP contribution in [0.25, 0.3) is 0 Å². The third-order valence-corrected chi connectivity index (χ3v) is 5.36. The molecule has 0 aromatic heterocycles. The topological polar surface area (TPSA) is 75.3 Å². The molecule has 5 nitrogen and oxygen atoms in total. The Kier molecular flexibility index (Phi) is 5.94. The van der Waals surface area contributed by atoms with Crippen LogP contribution >= 0.6 is 22.6 Å². The zero-order valence-electron chi connectivity index (χ0n) is 13.0. The number of rotatable bonds is 5. The second kappa shape index (κ2) is 7.58. The maximum absolute atomic E-state index is 14.0. The lowest BCUT2D eigenvalue weighted by Gasteiger charge is -2.11. The molecular weight excluding hydrogens is 446 g/mol. The highest BCUT2D eigenvalue weighted by Gasteiger charge is 2.20. The number of hydrogen-bond donors (Lipinski definition) is 2. The highest BCUT2D eigenvalue weighted by Crippen LogP contribution is 2.18. The van der Waals surface area contributed by atoms with E-state index in [9.17, 15) is 17.6 Å². The molecule has 0 aliphatic heterocycles. The zero-order chi connectivity index (χ0) is 17.9. The van der Waals surface area contributed by atoms with Crippen LogP contribution in [0, 0.1) is 9.39 Å². The zero-order valence-corrected chi connectivity index (χ0v) is 16.0. The van der Waals surface area contributed by atoms with Crippen molar-refractivity contribution in [1.82, 2.24) is 4.72 Å². The van der Waals surface area contributed by atoms with E-state index < -0.39 is 21.7 Å². The summed E-state index contributed by atoms with van der Waals surface area (Å²) in [7, 11) is -3.81. The summed E-state index contributed by atoms with van der Waals surface area (Å²) in [5, 5.41) is 2.55. The van der Waals surface area contributed by atoms with Crippen LogP contribution in [0.3, 0.4) is 0 Å². The molecule has 8 heteroatoms. The molecule has 0 fully saturated rings. The van der Waals surface area contributed by atoms with Crippen molar-refractivity contribution in [1.29, 1.82) is 0 Å². The summed E-state index contributed by atoms with van der Waals surface area (Å²) < 4.78 is 41.7. The number of anilines is 1. The lowest BCUT2D eigenvalue weighted by molar-refractivity contribution is 0.102. The summed E-state index contributed by atoms with van der Waals surface area (Å²) in [5.74, 6) is -1.50. The molecule has 2 rings (SSSR count). The molecule has 0 unspecified atom stereocenters. The monoisotopic (exact) mass is 462 g/mol. The fraction of sp³-hybridized carbons (Fsp3) is 0.188. The molecule has 0 saturated heterocycles. The molecule has 0 heterocycles. The molecule has 2 N–H and O–H groups in total. The van der Waals surface area contributed by atoms with Gasteiger partial charge in [-0.2, -0.15) is 0 Å². The van der Waals surface area contributed by atoms with Gasteiger partial charge < -0.3 is 5.32 Å². The minimum absolute atomic E-state index is 0.162. The van der Waals surface area contributed by atoms with Gasteiger partial charge in [-0.05, 0) is 78.9 Å². The summed E-state index contributed by atoms with van der Waals surface area (Å²) in [4.78, 5) is 12.1. The van der Waals surface area contributed by atoms with E-state index in [2.05, 4.69) is 32.6 Å². The Hall–Kier alpha value is -1.52. The summed E-state index contributed by atoms with van der Waals surface area (Å²) in [5.41, 5.74) is 0.161. The maximum Gasteiger partial charge on any atom is 0.258 e. The van der Waals surface area contributed by atoms with Crippen LogP contribution in [0.4, 0.5) is 10.1 Å². The quantitative estimate of drug-likeness (QED) is 0.670. The Bertz CT molecular complexity index is 852. The standard InChI is InChI=1S/C16H16FIN2O3S/c1-10(2)20-24(22,23)13-7-8-15(17)14(9-13)16(21)19-12-5-3-11(18)4-6-12/h3-10,20H,1-2H3,(H,19,21). The average molecular weight is 462 g/mol. The van der Waals surface area contributed by atoms with Crippen molar-refractivity contribution in [2.75, 3.05) is 5.32 Å². The molecule has 0 saturated carbocycles. The molecule has 128 valence electrons. The minimum Gasteiger partial charge on any atom is -0.322 e. The van der Waals surface area contributed by atoms with Crippen LogP contribution in [0.1, 0.15) is 24.2 Å². The van der Waals surface area contributed by atoms with Crippen molar-refractivity contribution < 1.29 is 17.6 Å². The predicted octanol–water partition coefficient (Wildman–Crippen LogP) is 3.37. The fourth-order valence-electron chi connectivity index (χ4n) is 1.96. The van der Waals surface area contributed by atoms with E-state index >= 15 is 0 Å². The van der Waals surface area contributed by atoms with Gasteiger partial charge in [0.05, 0.1) is 10.5 Å². The lowest BCUT2D eigenvalue weighted by Crippen LogP contribution is -2.30. The van der Waals surface area contributed by atoms with E-state index in [0.29, 0.717) is 5.69 Å². The molecule has 0 aliphatic rings. The van der Waals surface area contributed by atoms with Crippen LogP contribution < -0.4 is 10.0 Å². The number of nitrogens with one attached hydrogen (secondary N) is 2. The van der Waals surface area contributed by atoms with Gasteiger partial charge in [0.2, 0.25) is 10.0 Å². The fourth-order valence-corrected chi connectivity index (χ4v) is 3.59. The van der Waals surface area contributed by atoms with E-state index in [-0.39, 0.29) is 16.5 Å². The number of hydrogen-bond acceptors (Lipinski definition) is 3. The van der Waals surface area contributed by atoms with E-state index in [0.717, 1.165) is 21.8 Å². The Morgan fingerprint density at radius 3 is 2.33 bits per heavy atom. The van der Waals surface area contributed by atoms with E-state index in [1.54, 1.807) is 38.1 Å². The van der Waals surface area contributed by atoms with Crippen molar-refractivity contribution in [2.45, 2.75) is 24.8 Å². The maximum atomic E-state index is 14.0. The van der Waals surface area contributed by atoms with Crippen molar-refractivity contribution >= 4 is 44.2 Å². The van der Waals surface area contributed by atoms with E-state index in [1.807, 2.05) is 0 Å². The first kappa shape index (κ1) is 18.8. The molecule has 0 radical (unpaired) electrons. The van der Waals surface area contributed by atoms with E-state index in [4.69, 9.17) is 0 Å². The first-order chi connectivity index (χ1) is 11.2. The molecule has 0 bridgehead atoms. The normalized spacial score (nSPS) is 11.5. The molecule has 2 aromatic rings. The summed E-state index contributed by atoms with van der Waals surface area (Å²) in [6, 6.07) is 9.75. The largest absolute Gasteiger partial charge is 0.322 e. The second-order valence-corrected chi connectivity index (χ2v) is 8.34. The Morgan fingerprint density at radius 1 is 1.12 bits per heavy atom. The first-order valence-corrected chi connectivity index (χ1v) is 9.64. The molecular formula is C16H16FIN2O3S. The van der Waals surface area contributed by atoms with Gasteiger partial charge in [-0.3, -0.25) is 4.79 Å². The van der Waals surface area contributed by atoms with Gasteiger partial charge in [0, 0.05) is 15.3 Å². The number of amides is 1. The SMILES string of the molecule is CC(C)NS(=O)(=O)c1ccc(F)c(C(=O)Nc2ccc(I)cc2)c1. The van der Waals surface area contributed by atoms with Crippen LogP contribution in [0.5, 0.6) is 0 Å². The third-order valence-electron chi connectivity index (χ3n) is 2.99. The Morgan fingerprint density at radius 2 is 1.75 bits per heavy atom. The van der Waals surface area contributed by atoms with Crippen molar-refractivity contribution in [2.24, 2.45) is 0 Å². The molecule has 1 amide bonds. The van der Waals surface area contributed by atoms with Gasteiger partial charge >= 0.3 is 0 Å². The first-order valence-electron chi connectivity index (χ1n) is 7.08. The van der Waals surface area contributed by atoms with Crippen LogP contribution in [-0.2, 0) is 10.0 Å². The van der Waals surface area contributed by atoms with Gasteiger partial charge in [-0.25, -0.2) is 17.5 Å². The summed E-state index contributed by atoms with van der Waals surface area (Å²) >= 11 is 2.12. The van der Waals surface area contributed by atoms with Crippen LogP contribution in [0.2, 0.25) is 0 Å². The van der Waals surface area contributed by atoms with Gasteiger partial charge in [0.1, 0.15) is 5.82 Å². The number of carbonyl (C=O) groups is 1. The highest BCUT2D eigenvalue weighted by molar-refractivity contribution is 14.1. The number of carbonyl (C=O) groups excluding carboxylic acids is 1. The van der Waals surface area contributed by atoms with Gasteiger partial charge in [-0.15, -0.1) is 0 Å². The number of benzene rings is 2. The molecule has 0 aliphatic carbocycles. The molecule has 2 aromatic carbocycles. The molecule has 0 spiro atoms. The average Bonchev–Trinajstić information content (AvgIpc) is 2.48. The van der Waals surface area contributed by atoms with Crippen molar-refractivity contribution in [3.63, 3.8) is 0 Å². The van der Waals surface area contributed by atoms with Gasteiger partial charge in [0.25, 0.3) is 5.91 Å². The predicted molar refractivity (Wildman–Crippen MR) is 99.0 cm³/mol. The lowest BCUT2D eigenvalue weighted by atomic mass is 10.2. The number of sulfonamides is 1. The Balaban J connectivity index is 2.31. The second-order valence-electron chi connectivity index (χ2n) is 5.38.